The fourth-order valence-electron chi connectivity index (χ4n) is 2.06. The molecule has 110 valence electrons. The molecular weight excluding hydrogens is 300 g/mol. The van der Waals surface area contributed by atoms with Gasteiger partial charge in [0.2, 0.25) is 5.82 Å². The highest BCUT2D eigenvalue weighted by molar-refractivity contribution is 6.31. The van der Waals surface area contributed by atoms with E-state index in [0.29, 0.717) is 22.0 Å². The van der Waals surface area contributed by atoms with E-state index >= 15 is 0 Å². The van der Waals surface area contributed by atoms with Crippen molar-refractivity contribution in [3.05, 3.63) is 77.7 Å². The molecule has 0 spiro atoms. The van der Waals surface area contributed by atoms with Gasteiger partial charge in [-0.3, -0.25) is 0 Å². The number of rotatable bonds is 4. The second-order valence-electron chi connectivity index (χ2n) is 4.74. The molecule has 5 heteroatoms. The Morgan fingerprint density at radius 3 is 2.50 bits per heavy atom. The predicted molar refractivity (Wildman–Crippen MR) is 85.2 cm³/mol. The zero-order valence-corrected chi connectivity index (χ0v) is 12.4. The van der Waals surface area contributed by atoms with Gasteiger partial charge in [0.05, 0.1) is 0 Å². The van der Waals surface area contributed by atoms with Gasteiger partial charge in [-0.2, -0.15) is 4.98 Å². The topological polar surface area (TPSA) is 59.2 Å². The van der Waals surface area contributed by atoms with Crippen molar-refractivity contribution in [1.82, 2.24) is 10.1 Å². The van der Waals surface area contributed by atoms with Crippen LogP contribution >= 0.6 is 11.6 Å². The molecule has 0 aliphatic heterocycles. The lowest BCUT2D eigenvalue weighted by Gasteiger charge is -2.12. The molecule has 0 bridgehead atoms. The number of aliphatic hydroxyl groups excluding tert-OH is 1. The molecule has 0 saturated heterocycles. The Bertz CT molecular complexity index is 799. The van der Waals surface area contributed by atoms with Gasteiger partial charge in [0.25, 0.3) is 5.89 Å². The molecule has 1 heterocycles. The number of aliphatic hydroxyl groups is 1. The van der Waals surface area contributed by atoms with Gasteiger partial charge in [0.15, 0.2) is 0 Å². The molecule has 0 aliphatic carbocycles. The van der Waals surface area contributed by atoms with E-state index in [4.69, 9.17) is 16.1 Å². The summed E-state index contributed by atoms with van der Waals surface area (Å²) in [4.78, 5) is 4.28. The van der Waals surface area contributed by atoms with Crippen molar-refractivity contribution < 1.29 is 9.63 Å². The van der Waals surface area contributed by atoms with Crippen LogP contribution in [0.3, 0.4) is 0 Å². The standard InChI is InChI=1S/C17H13ClN2O2/c1-11(15(21)13-9-5-6-10-14(13)18)17-19-16(20-22-17)12-7-3-2-4-8-12/h2-10,15,21H,1H2. The average molecular weight is 313 g/mol. The quantitative estimate of drug-likeness (QED) is 0.786. The summed E-state index contributed by atoms with van der Waals surface area (Å²) >= 11 is 6.08. The molecule has 22 heavy (non-hydrogen) atoms. The molecular formula is C17H13ClN2O2. The third kappa shape index (κ3) is 2.79. The molecule has 1 atom stereocenters. The molecule has 3 rings (SSSR count). The molecule has 0 fully saturated rings. The largest absolute Gasteiger partial charge is 0.383 e. The molecule has 0 aliphatic rings. The average Bonchev–Trinajstić information content (AvgIpc) is 3.05. The van der Waals surface area contributed by atoms with E-state index in [1.807, 2.05) is 30.3 Å². The molecule has 0 radical (unpaired) electrons. The molecule has 0 amide bonds. The number of hydrogen-bond acceptors (Lipinski definition) is 4. The summed E-state index contributed by atoms with van der Waals surface area (Å²) < 4.78 is 5.20. The van der Waals surface area contributed by atoms with Crippen molar-refractivity contribution in [3.63, 3.8) is 0 Å². The van der Waals surface area contributed by atoms with E-state index in [1.165, 1.54) is 0 Å². The van der Waals surface area contributed by atoms with Gasteiger partial charge in [-0.15, -0.1) is 0 Å². The van der Waals surface area contributed by atoms with Gasteiger partial charge in [0.1, 0.15) is 6.10 Å². The minimum Gasteiger partial charge on any atom is -0.383 e. The van der Waals surface area contributed by atoms with Gasteiger partial charge in [-0.25, -0.2) is 0 Å². The number of aromatic nitrogens is 2. The fourth-order valence-corrected chi connectivity index (χ4v) is 2.30. The van der Waals surface area contributed by atoms with Crippen molar-refractivity contribution in [2.24, 2.45) is 0 Å². The summed E-state index contributed by atoms with van der Waals surface area (Å²) in [6.07, 6.45) is -1.00. The molecule has 4 nitrogen and oxygen atoms in total. The molecule has 2 aromatic carbocycles. The summed E-state index contributed by atoms with van der Waals surface area (Å²) in [5.41, 5.74) is 1.69. The van der Waals surface area contributed by atoms with E-state index in [2.05, 4.69) is 16.7 Å². The summed E-state index contributed by atoms with van der Waals surface area (Å²) in [7, 11) is 0. The van der Waals surface area contributed by atoms with Crippen LogP contribution in [-0.2, 0) is 0 Å². The van der Waals surface area contributed by atoms with Gasteiger partial charge in [-0.1, -0.05) is 71.9 Å². The lowest BCUT2D eigenvalue weighted by Crippen LogP contribution is -2.01. The first-order chi connectivity index (χ1) is 10.7. The predicted octanol–water partition coefficient (Wildman–Crippen LogP) is 4.14. The van der Waals surface area contributed by atoms with Crippen molar-refractivity contribution in [1.29, 1.82) is 0 Å². The Balaban J connectivity index is 1.87. The van der Waals surface area contributed by atoms with Crippen LogP contribution in [0.2, 0.25) is 5.02 Å². The highest BCUT2D eigenvalue weighted by Crippen LogP contribution is 2.32. The maximum atomic E-state index is 10.4. The molecule has 3 aromatic rings. The minimum atomic E-state index is -1.00. The van der Waals surface area contributed by atoms with Crippen LogP contribution in [0.1, 0.15) is 17.6 Å². The van der Waals surface area contributed by atoms with E-state index < -0.39 is 6.10 Å². The van der Waals surface area contributed by atoms with Gasteiger partial charge < -0.3 is 9.63 Å². The first kappa shape index (κ1) is 14.5. The van der Waals surface area contributed by atoms with E-state index in [9.17, 15) is 5.11 Å². The van der Waals surface area contributed by atoms with Crippen molar-refractivity contribution in [2.75, 3.05) is 0 Å². The summed E-state index contributed by atoms with van der Waals surface area (Å²) in [6, 6.07) is 16.5. The van der Waals surface area contributed by atoms with Crippen LogP contribution in [-0.4, -0.2) is 15.2 Å². The van der Waals surface area contributed by atoms with E-state index in [0.717, 1.165) is 5.56 Å². The Labute approximate surface area is 132 Å². The Morgan fingerprint density at radius 2 is 1.77 bits per heavy atom. The van der Waals surface area contributed by atoms with E-state index in [-0.39, 0.29) is 5.89 Å². The molecule has 1 N–H and O–H groups in total. The minimum absolute atomic E-state index is 0.186. The highest BCUT2D eigenvalue weighted by Gasteiger charge is 2.21. The first-order valence-corrected chi connectivity index (χ1v) is 7.05. The van der Waals surface area contributed by atoms with Crippen LogP contribution in [0.5, 0.6) is 0 Å². The molecule has 0 saturated carbocycles. The van der Waals surface area contributed by atoms with Gasteiger partial charge in [0, 0.05) is 21.7 Å². The second kappa shape index (κ2) is 6.13. The van der Waals surface area contributed by atoms with Crippen LogP contribution in [0.4, 0.5) is 0 Å². The lowest BCUT2D eigenvalue weighted by molar-refractivity contribution is 0.233. The van der Waals surface area contributed by atoms with Crippen molar-refractivity contribution in [3.8, 4) is 11.4 Å². The zero-order chi connectivity index (χ0) is 15.5. The van der Waals surface area contributed by atoms with Crippen LogP contribution < -0.4 is 0 Å². The summed E-state index contributed by atoms with van der Waals surface area (Å²) in [6.45, 7) is 3.84. The Kier molecular flexibility index (Phi) is 4.04. The number of benzene rings is 2. The maximum Gasteiger partial charge on any atom is 0.256 e. The molecule has 1 aromatic heterocycles. The fraction of sp³-hybridized carbons (Fsp3) is 0.0588. The van der Waals surface area contributed by atoms with Gasteiger partial charge >= 0.3 is 0 Å². The van der Waals surface area contributed by atoms with Crippen LogP contribution in [0.15, 0.2) is 65.7 Å². The van der Waals surface area contributed by atoms with Crippen LogP contribution in [0, 0.1) is 0 Å². The summed E-state index contributed by atoms with van der Waals surface area (Å²) in [5, 5.41) is 14.8. The Hall–Kier alpha value is -2.43. The highest BCUT2D eigenvalue weighted by atomic mass is 35.5. The molecule has 1 unspecified atom stereocenters. The number of nitrogens with zero attached hydrogens (tertiary/aromatic N) is 2. The zero-order valence-electron chi connectivity index (χ0n) is 11.6. The Morgan fingerprint density at radius 1 is 1.09 bits per heavy atom. The smallest absolute Gasteiger partial charge is 0.256 e. The third-order valence-corrected chi connectivity index (χ3v) is 3.61. The SMILES string of the molecule is C=C(c1nc(-c2ccccc2)no1)C(O)c1ccccc1Cl. The van der Waals surface area contributed by atoms with Crippen molar-refractivity contribution in [2.45, 2.75) is 6.10 Å². The van der Waals surface area contributed by atoms with Crippen LogP contribution in [0.25, 0.3) is 17.0 Å². The second-order valence-corrected chi connectivity index (χ2v) is 5.15. The lowest BCUT2D eigenvalue weighted by atomic mass is 10.0. The summed E-state index contributed by atoms with van der Waals surface area (Å²) in [5.74, 6) is 0.634. The number of hydrogen-bond donors (Lipinski definition) is 1. The van der Waals surface area contributed by atoms with Crippen molar-refractivity contribution >= 4 is 17.2 Å². The monoisotopic (exact) mass is 312 g/mol. The normalized spacial score (nSPS) is 12.1. The van der Waals surface area contributed by atoms with Gasteiger partial charge in [-0.05, 0) is 6.07 Å². The number of halogens is 1. The first-order valence-electron chi connectivity index (χ1n) is 6.67. The maximum absolute atomic E-state index is 10.4. The third-order valence-electron chi connectivity index (χ3n) is 3.26. The van der Waals surface area contributed by atoms with E-state index in [1.54, 1.807) is 24.3 Å².